The number of carbonyl (C=O) groups excluding carboxylic acids is 1. The Kier molecular flexibility index (Phi) is 4.85. The molecule has 0 saturated carbocycles. The summed E-state index contributed by atoms with van der Waals surface area (Å²) in [6.45, 7) is 4.29. The number of benzene rings is 1. The Balaban J connectivity index is 2.02. The Labute approximate surface area is 128 Å². The van der Waals surface area contributed by atoms with E-state index < -0.39 is 0 Å². The Morgan fingerprint density at radius 1 is 1.33 bits per heavy atom. The minimum Gasteiger partial charge on any atom is -0.487 e. The van der Waals surface area contributed by atoms with Crippen molar-refractivity contribution in [1.82, 2.24) is 9.78 Å². The number of rotatable bonds is 5. The second-order valence-electron chi connectivity index (χ2n) is 4.50. The number of hydrogen-bond acceptors (Lipinski definition) is 4. The highest BCUT2D eigenvalue weighted by atomic mass is 35.5. The van der Waals surface area contributed by atoms with E-state index in [4.69, 9.17) is 21.1 Å². The van der Waals surface area contributed by atoms with Gasteiger partial charge in [-0.15, -0.1) is 0 Å². The van der Waals surface area contributed by atoms with Crippen molar-refractivity contribution < 1.29 is 14.3 Å². The van der Waals surface area contributed by atoms with Crippen LogP contribution in [0.25, 0.3) is 0 Å². The molecule has 0 fully saturated rings. The smallest absolute Gasteiger partial charge is 0.338 e. The molecule has 112 valence electrons. The number of aromatic nitrogens is 2. The van der Waals surface area contributed by atoms with Crippen molar-refractivity contribution in [2.24, 2.45) is 7.05 Å². The molecule has 21 heavy (non-hydrogen) atoms. The monoisotopic (exact) mass is 308 g/mol. The van der Waals surface area contributed by atoms with Crippen LogP contribution < -0.4 is 4.74 Å². The molecule has 0 amide bonds. The van der Waals surface area contributed by atoms with Gasteiger partial charge in [0.2, 0.25) is 0 Å². The van der Waals surface area contributed by atoms with Crippen molar-refractivity contribution in [3.63, 3.8) is 0 Å². The van der Waals surface area contributed by atoms with Crippen LogP contribution >= 0.6 is 11.6 Å². The Bertz CT molecular complexity index is 635. The van der Waals surface area contributed by atoms with Gasteiger partial charge in [0.1, 0.15) is 12.4 Å². The highest BCUT2D eigenvalue weighted by molar-refractivity contribution is 6.31. The fourth-order valence-electron chi connectivity index (χ4n) is 1.89. The molecule has 0 aliphatic carbocycles. The molecular weight excluding hydrogens is 292 g/mol. The van der Waals surface area contributed by atoms with E-state index in [-0.39, 0.29) is 5.97 Å². The zero-order chi connectivity index (χ0) is 15.4. The summed E-state index contributed by atoms with van der Waals surface area (Å²) in [5.41, 5.74) is 2.08. The third-order valence-electron chi connectivity index (χ3n) is 3.00. The van der Waals surface area contributed by atoms with Crippen molar-refractivity contribution in [3.05, 3.63) is 46.2 Å². The summed E-state index contributed by atoms with van der Waals surface area (Å²) >= 11 is 6.16. The van der Waals surface area contributed by atoms with Crippen LogP contribution in [0.3, 0.4) is 0 Å². The molecule has 0 spiro atoms. The van der Waals surface area contributed by atoms with Gasteiger partial charge in [0.25, 0.3) is 0 Å². The second kappa shape index (κ2) is 6.63. The van der Waals surface area contributed by atoms with Gasteiger partial charge in [-0.25, -0.2) is 4.79 Å². The van der Waals surface area contributed by atoms with Crippen molar-refractivity contribution >= 4 is 17.6 Å². The van der Waals surface area contributed by atoms with Crippen molar-refractivity contribution in [3.8, 4) is 5.75 Å². The zero-order valence-corrected chi connectivity index (χ0v) is 13.0. The summed E-state index contributed by atoms with van der Waals surface area (Å²) < 4.78 is 12.3. The van der Waals surface area contributed by atoms with Crippen LogP contribution in [0.2, 0.25) is 5.02 Å². The molecule has 0 unspecified atom stereocenters. The summed E-state index contributed by atoms with van der Waals surface area (Å²) in [7, 11) is 1.82. The molecule has 5 nitrogen and oxygen atoms in total. The summed E-state index contributed by atoms with van der Waals surface area (Å²) in [5.74, 6) is 0.312. The molecule has 0 radical (unpaired) electrons. The van der Waals surface area contributed by atoms with E-state index in [1.165, 1.54) is 0 Å². The SMILES string of the molecule is CCOC(=O)c1ccc(OCc2c(Cl)c(C)nn2C)cc1. The van der Waals surface area contributed by atoms with Crippen molar-refractivity contribution in [2.45, 2.75) is 20.5 Å². The van der Waals surface area contributed by atoms with Gasteiger partial charge < -0.3 is 9.47 Å². The number of ether oxygens (including phenoxy) is 2. The minimum atomic E-state index is -0.339. The van der Waals surface area contributed by atoms with E-state index in [1.54, 1.807) is 35.9 Å². The number of carbonyl (C=O) groups is 1. The summed E-state index contributed by atoms with van der Waals surface area (Å²) in [4.78, 5) is 11.5. The minimum absolute atomic E-state index is 0.314. The maximum atomic E-state index is 11.5. The fraction of sp³-hybridized carbons (Fsp3) is 0.333. The van der Waals surface area contributed by atoms with Crippen molar-refractivity contribution in [1.29, 1.82) is 0 Å². The standard InChI is InChI=1S/C15H17ClN2O3/c1-4-20-15(19)11-5-7-12(8-6-11)21-9-13-14(16)10(2)17-18(13)3/h5-8H,4,9H2,1-3H3. The average molecular weight is 309 g/mol. The van der Waals surface area contributed by atoms with E-state index in [1.807, 2.05) is 14.0 Å². The molecule has 0 bridgehead atoms. The highest BCUT2D eigenvalue weighted by Gasteiger charge is 2.12. The van der Waals surface area contributed by atoms with E-state index in [2.05, 4.69) is 5.10 Å². The predicted octanol–water partition coefficient (Wildman–Crippen LogP) is 3.14. The van der Waals surface area contributed by atoms with Gasteiger partial charge in [0.05, 0.1) is 28.6 Å². The lowest BCUT2D eigenvalue weighted by Gasteiger charge is -2.08. The molecule has 0 aliphatic rings. The van der Waals surface area contributed by atoms with Crippen LogP contribution in [-0.4, -0.2) is 22.4 Å². The van der Waals surface area contributed by atoms with Gasteiger partial charge >= 0.3 is 5.97 Å². The Morgan fingerprint density at radius 3 is 2.52 bits per heavy atom. The lowest BCUT2D eigenvalue weighted by molar-refractivity contribution is 0.0526. The van der Waals surface area contributed by atoms with E-state index in [9.17, 15) is 4.79 Å². The summed E-state index contributed by atoms with van der Waals surface area (Å²) in [6.07, 6.45) is 0. The molecule has 0 atom stereocenters. The molecule has 1 aromatic carbocycles. The third-order valence-corrected chi connectivity index (χ3v) is 3.49. The molecule has 0 N–H and O–H groups in total. The molecule has 0 saturated heterocycles. The highest BCUT2D eigenvalue weighted by Crippen LogP contribution is 2.21. The van der Waals surface area contributed by atoms with E-state index >= 15 is 0 Å². The molecule has 6 heteroatoms. The first-order chi connectivity index (χ1) is 10.0. The fourth-order valence-corrected chi connectivity index (χ4v) is 2.10. The topological polar surface area (TPSA) is 53.4 Å². The summed E-state index contributed by atoms with van der Waals surface area (Å²) in [6, 6.07) is 6.79. The molecular formula is C15H17ClN2O3. The number of aryl methyl sites for hydroxylation is 2. The predicted molar refractivity (Wildman–Crippen MR) is 79.7 cm³/mol. The van der Waals surface area contributed by atoms with Crippen LogP contribution in [0.5, 0.6) is 5.75 Å². The first-order valence-corrected chi connectivity index (χ1v) is 6.98. The normalized spacial score (nSPS) is 10.5. The van der Waals surface area contributed by atoms with Gasteiger partial charge in [-0.3, -0.25) is 4.68 Å². The molecule has 0 aliphatic heterocycles. The largest absolute Gasteiger partial charge is 0.487 e. The van der Waals surface area contributed by atoms with Gasteiger partial charge in [-0.05, 0) is 38.1 Å². The van der Waals surface area contributed by atoms with Crippen molar-refractivity contribution in [2.75, 3.05) is 6.61 Å². The zero-order valence-electron chi connectivity index (χ0n) is 12.2. The average Bonchev–Trinajstić information content (AvgIpc) is 2.71. The van der Waals surface area contributed by atoms with Gasteiger partial charge in [-0.1, -0.05) is 11.6 Å². The Hall–Kier alpha value is -2.01. The van der Waals surface area contributed by atoms with Gasteiger partial charge in [0, 0.05) is 7.05 Å². The van der Waals surface area contributed by atoms with Crippen LogP contribution in [0, 0.1) is 6.92 Å². The quantitative estimate of drug-likeness (QED) is 0.796. The van der Waals surface area contributed by atoms with E-state index in [0.717, 1.165) is 11.4 Å². The van der Waals surface area contributed by atoms with E-state index in [0.29, 0.717) is 29.5 Å². The third kappa shape index (κ3) is 3.55. The number of halogens is 1. The van der Waals surface area contributed by atoms with Gasteiger partial charge in [-0.2, -0.15) is 5.10 Å². The lowest BCUT2D eigenvalue weighted by atomic mass is 10.2. The number of nitrogens with zero attached hydrogens (tertiary/aromatic N) is 2. The maximum absolute atomic E-state index is 11.5. The van der Waals surface area contributed by atoms with Gasteiger partial charge in [0.15, 0.2) is 0 Å². The van der Waals surface area contributed by atoms with Crippen LogP contribution in [0.4, 0.5) is 0 Å². The number of esters is 1. The second-order valence-corrected chi connectivity index (χ2v) is 4.88. The first-order valence-electron chi connectivity index (χ1n) is 6.61. The van der Waals surface area contributed by atoms with Crippen LogP contribution in [0.15, 0.2) is 24.3 Å². The molecule has 1 aromatic heterocycles. The molecule has 1 heterocycles. The number of hydrogen-bond donors (Lipinski definition) is 0. The first kappa shape index (κ1) is 15.4. The summed E-state index contributed by atoms with van der Waals surface area (Å²) in [5, 5.41) is 4.84. The molecule has 2 rings (SSSR count). The van der Waals surface area contributed by atoms with Crippen LogP contribution in [0.1, 0.15) is 28.7 Å². The van der Waals surface area contributed by atoms with Crippen LogP contribution in [-0.2, 0) is 18.4 Å². The Morgan fingerprint density at radius 2 is 2.00 bits per heavy atom. The lowest BCUT2D eigenvalue weighted by Crippen LogP contribution is -2.05. The molecule has 2 aromatic rings. The maximum Gasteiger partial charge on any atom is 0.338 e.